The van der Waals surface area contributed by atoms with Gasteiger partial charge in [-0.2, -0.15) is 0 Å². The second kappa shape index (κ2) is 5.93. The fraction of sp³-hybridized carbons (Fsp3) is 0.0833. The quantitative estimate of drug-likeness (QED) is 0.677. The molecule has 1 unspecified atom stereocenters. The zero-order valence-electron chi connectivity index (χ0n) is 9.14. The van der Waals surface area contributed by atoms with Crippen molar-refractivity contribution in [3.05, 3.63) is 51.7 Å². The summed E-state index contributed by atoms with van der Waals surface area (Å²) in [5.74, 6) is 0.134. The molecule has 0 aliphatic heterocycles. The smallest absolute Gasteiger partial charge is 0.157 e. The largest absolute Gasteiger partial charge is 0.306 e. The minimum Gasteiger partial charge on any atom is -0.306 e. The lowest BCUT2D eigenvalue weighted by atomic mass is 10.1. The summed E-state index contributed by atoms with van der Waals surface area (Å²) in [6, 6.07) is 9.20. The second-order valence-electron chi connectivity index (χ2n) is 3.65. The molecule has 6 heteroatoms. The molecule has 0 saturated carbocycles. The van der Waals surface area contributed by atoms with E-state index in [1.807, 2.05) is 30.3 Å². The highest BCUT2D eigenvalue weighted by Gasteiger charge is 2.06. The van der Waals surface area contributed by atoms with Gasteiger partial charge in [-0.15, -0.1) is 0 Å². The minimum atomic E-state index is -1.82. The van der Waals surface area contributed by atoms with Gasteiger partial charge >= 0.3 is 0 Å². The third-order valence-corrected chi connectivity index (χ3v) is 3.78. The van der Waals surface area contributed by atoms with Crippen LogP contribution in [0.2, 0.25) is 5.02 Å². The Morgan fingerprint density at radius 1 is 1.33 bits per heavy atom. The first-order valence-corrected chi connectivity index (χ1v) is 7.49. The normalized spacial score (nSPS) is 12.4. The molecule has 2 rings (SSSR count). The maximum atomic E-state index is 10.7. The first-order valence-electron chi connectivity index (χ1n) is 5.04. The highest BCUT2D eigenvalue weighted by Crippen LogP contribution is 2.29. The van der Waals surface area contributed by atoms with Crippen LogP contribution in [0.15, 0.2) is 41.1 Å². The summed E-state index contributed by atoms with van der Waals surface area (Å²) in [6.45, 7) is 0. The molecule has 1 heterocycles. The Bertz CT molecular complexity index is 589. The van der Waals surface area contributed by atoms with Crippen LogP contribution in [0.25, 0.3) is 11.1 Å². The summed E-state index contributed by atoms with van der Waals surface area (Å²) >= 11 is 7.46. The number of halogens is 2. The van der Waals surface area contributed by atoms with Gasteiger partial charge in [0.05, 0.1) is 10.8 Å². The van der Waals surface area contributed by atoms with Crippen LogP contribution in [0, 0.1) is 0 Å². The van der Waals surface area contributed by atoms with E-state index in [1.165, 1.54) is 0 Å². The van der Waals surface area contributed by atoms with Crippen LogP contribution in [0.5, 0.6) is 0 Å². The highest BCUT2D eigenvalue weighted by atomic mass is 79.9. The second-order valence-corrected chi connectivity index (χ2v) is 5.77. The van der Waals surface area contributed by atoms with Crippen molar-refractivity contribution in [2.24, 2.45) is 0 Å². The predicted molar refractivity (Wildman–Crippen MR) is 76.9 cm³/mol. The molecule has 0 aliphatic carbocycles. The Balaban J connectivity index is 2.34. The Kier molecular flexibility index (Phi) is 4.50. The van der Waals surface area contributed by atoms with Crippen LogP contribution in [0.4, 0.5) is 0 Å². The predicted octanol–water partition coefficient (Wildman–Crippen LogP) is 3.89. The molecule has 0 aliphatic rings. The van der Waals surface area contributed by atoms with Crippen molar-refractivity contribution in [3.63, 3.8) is 0 Å². The first-order chi connectivity index (χ1) is 8.56. The van der Waals surface area contributed by atoms with E-state index in [9.17, 15) is 4.21 Å². The molecule has 2 aromatic rings. The monoisotopic (exact) mass is 345 g/mol. The van der Waals surface area contributed by atoms with E-state index in [-0.39, 0.29) is 5.75 Å². The zero-order chi connectivity index (χ0) is 13.1. The first kappa shape index (κ1) is 13.7. The topological polar surface area (TPSA) is 50.2 Å². The average molecular weight is 347 g/mol. The van der Waals surface area contributed by atoms with Crippen molar-refractivity contribution >= 4 is 38.6 Å². The lowest BCUT2D eigenvalue weighted by Crippen LogP contribution is -1.92. The van der Waals surface area contributed by atoms with Gasteiger partial charge in [0.25, 0.3) is 0 Å². The average Bonchev–Trinajstić information content (AvgIpc) is 2.33. The summed E-state index contributed by atoms with van der Waals surface area (Å²) in [7, 11) is 0. The van der Waals surface area contributed by atoms with Crippen LogP contribution in [0.3, 0.4) is 0 Å². The summed E-state index contributed by atoms with van der Waals surface area (Å²) in [5, 5.41) is 0.564. The van der Waals surface area contributed by atoms with Crippen molar-refractivity contribution in [3.8, 4) is 11.1 Å². The fourth-order valence-corrected chi connectivity index (χ4v) is 2.63. The van der Waals surface area contributed by atoms with Gasteiger partial charge in [0.1, 0.15) is 4.60 Å². The van der Waals surface area contributed by atoms with Crippen LogP contribution in [-0.2, 0) is 16.8 Å². The molecule has 94 valence electrons. The number of benzene rings is 1. The zero-order valence-corrected chi connectivity index (χ0v) is 12.3. The molecule has 18 heavy (non-hydrogen) atoms. The van der Waals surface area contributed by atoms with Crippen molar-refractivity contribution in [1.29, 1.82) is 0 Å². The van der Waals surface area contributed by atoms with Gasteiger partial charge in [0, 0.05) is 11.8 Å². The van der Waals surface area contributed by atoms with Gasteiger partial charge in [-0.05, 0) is 33.1 Å². The van der Waals surface area contributed by atoms with E-state index >= 15 is 0 Å². The van der Waals surface area contributed by atoms with E-state index in [1.54, 1.807) is 6.20 Å². The molecule has 1 N–H and O–H groups in total. The maximum Gasteiger partial charge on any atom is 0.157 e. The summed E-state index contributed by atoms with van der Waals surface area (Å²) < 4.78 is 20.2. The molecular formula is C12H9BrClNO2S. The molecule has 0 saturated heterocycles. The summed E-state index contributed by atoms with van der Waals surface area (Å²) in [4.78, 5) is 4.12. The molecule has 1 aromatic carbocycles. The molecule has 0 radical (unpaired) electrons. The van der Waals surface area contributed by atoms with Crippen molar-refractivity contribution < 1.29 is 8.76 Å². The number of pyridine rings is 1. The van der Waals surface area contributed by atoms with Gasteiger partial charge in [-0.1, -0.05) is 35.9 Å². The lowest BCUT2D eigenvalue weighted by molar-refractivity contribution is 0.563. The third-order valence-electron chi connectivity index (χ3n) is 2.36. The standard InChI is InChI=1S/C12H9BrClNO2S/c13-12-11(5-10(14)6-15-12)9-3-1-8(2-4-9)7-18(16)17/h1-6H,7H2,(H,16,17). The lowest BCUT2D eigenvalue weighted by Gasteiger charge is -2.05. The Hall–Kier alpha value is -0.750. The Morgan fingerprint density at radius 3 is 2.61 bits per heavy atom. The van der Waals surface area contributed by atoms with E-state index in [0.29, 0.717) is 9.63 Å². The van der Waals surface area contributed by atoms with Gasteiger partial charge in [-0.3, -0.25) is 0 Å². The molecule has 1 aromatic heterocycles. The SMILES string of the molecule is O=S(O)Cc1ccc(-c2cc(Cl)cnc2Br)cc1. The van der Waals surface area contributed by atoms with E-state index in [0.717, 1.165) is 16.7 Å². The number of hydrogen-bond acceptors (Lipinski definition) is 2. The van der Waals surface area contributed by atoms with Gasteiger partial charge in [-0.25, -0.2) is 9.19 Å². The number of aromatic nitrogens is 1. The fourth-order valence-electron chi connectivity index (χ4n) is 1.55. The Labute approximate surface area is 121 Å². The van der Waals surface area contributed by atoms with Crippen molar-refractivity contribution in [1.82, 2.24) is 4.98 Å². The van der Waals surface area contributed by atoms with E-state index < -0.39 is 11.1 Å². The number of rotatable bonds is 3. The van der Waals surface area contributed by atoms with Gasteiger partial charge in [0.15, 0.2) is 11.1 Å². The van der Waals surface area contributed by atoms with Crippen LogP contribution in [0.1, 0.15) is 5.56 Å². The van der Waals surface area contributed by atoms with Gasteiger partial charge in [0.2, 0.25) is 0 Å². The molecule has 1 atom stereocenters. The number of hydrogen-bond donors (Lipinski definition) is 1. The molecule has 3 nitrogen and oxygen atoms in total. The summed E-state index contributed by atoms with van der Waals surface area (Å²) in [5.41, 5.74) is 2.65. The Morgan fingerprint density at radius 2 is 2.00 bits per heavy atom. The van der Waals surface area contributed by atoms with Crippen LogP contribution < -0.4 is 0 Å². The summed E-state index contributed by atoms with van der Waals surface area (Å²) in [6.07, 6.45) is 1.57. The number of nitrogens with zero attached hydrogens (tertiary/aromatic N) is 1. The van der Waals surface area contributed by atoms with E-state index in [2.05, 4.69) is 20.9 Å². The van der Waals surface area contributed by atoms with Crippen LogP contribution in [-0.4, -0.2) is 13.7 Å². The van der Waals surface area contributed by atoms with Crippen molar-refractivity contribution in [2.45, 2.75) is 5.75 Å². The van der Waals surface area contributed by atoms with E-state index in [4.69, 9.17) is 16.2 Å². The minimum absolute atomic E-state index is 0.134. The molecular weight excluding hydrogens is 338 g/mol. The molecule has 0 fully saturated rings. The molecule has 0 spiro atoms. The maximum absolute atomic E-state index is 10.7. The highest BCUT2D eigenvalue weighted by molar-refractivity contribution is 9.10. The molecule has 0 amide bonds. The molecule has 0 bridgehead atoms. The third kappa shape index (κ3) is 3.38. The van der Waals surface area contributed by atoms with Crippen LogP contribution >= 0.6 is 27.5 Å². The van der Waals surface area contributed by atoms with Gasteiger partial charge < -0.3 is 4.55 Å². The van der Waals surface area contributed by atoms with Crippen molar-refractivity contribution in [2.75, 3.05) is 0 Å².